The van der Waals surface area contributed by atoms with E-state index in [4.69, 9.17) is 4.74 Å². The number of unbranched alkanes of at least 4 members (excludes halogenated alkanes) is 2. The second-order valence-corrected chi connectivity index (χ2v) is 8.13. The van der Waals surface area contributed by atoms with Crippen LogP contribution >= 0.6 is 11.3 Å². The number of aryl methyl sites for hydroxylation is 2. The van der Waals surface area contributed by atoms with E-state index in [9.17, 15) is 14.4 Å². The average Bonchev–Trinajstić information content (AvgIpc) is 3.29. The smallest absolute Gasteiger partial charge is 0.348 e. The van der Waals surface area contributed by atoms with Crippen molar-refractivity contribution in [2.24, 2.45) is 0 Å². The fourth-order valence-corrected chi connectivity index (χ4v) is 4.36. The van der Waals surface area contributed by atoms with E-state index in [0.29, 0.717) is 22.5 Å². The molecular formula is C22H25NO4S. The highest BCUT2D eigenvalue weighted by Crippen LogP contribution is 2.30. The van der Waals surface area contributed by atoms with Gasteiger partial charge in [0.15, 0.2) is 12.4 Å². The van der Waals surface area contributed by atoms with E-state index in [1.165, 1.54) is 21.8 Å². The van der Waals surface area contributed by atoms with E-state index in [0.717, 1.165) is 38.5 Å². The van der Waals surface area contributed by atoms with Crippen molar-refractivity contribution in [2.75, 3.05) is 11.9 Å². The lowest BCUT2D eigenvalue weighted by atomic mass is 10.1. The molecule has 0 aliphatic heterocycles. The lowest BCUT2D eigenvalue weighted by Gasteiger charge is -2.07. The lowest BCUT2D eigenvalue weighted by Crippen LogP contribution is -2.14. The number of benzene rings is 1. The van der Waals surface area contributed by atoms with E-state index in [-0.39, 0.29) is 18.3 Å². The molecule has 148 valence electrons. The average molecular weight is 400 g/mol. The minimum absolute atomic E-state index is 0.0238. The maximum absolute atomic E-state index is 12.3. The fraction of sp³-hybridized carbons (Fsp3) is 0.409. The minimum Gasteiger partial charge on any atom is -0.453 e. The molecule has 5 nitrogen and oxygen atoms in total. The standard InChI is InChI=1S/C22H25NO4S/c1-2-3-4-8-21(25)23-17-11-9-15(10-12-17)18(24)14-27-22(26)20-13-16-6-5-7-19(16)28-20/h9-13H,2-8,14H2,1H3,(H,23,25). The number of ether oxygens (including phenoxy) is 1. The highest BCUT2D eigenvalue weighted by Gasteiger charge is 2.20. The number of fused-ring (bicyclic) bond motifs is 1. The molecular weight excluding hydrogens is 374 g/mol. The molecule has 28 heavy (non-hydrogen) atoms. The van der Waals surface area contributed by atoms with E-state index in [2.05, 4.69) is 12.2 Å². The molecule has 1 aliphatic rings. The fourth-order valence-electron chi connectivity index (χ4n) is 3.21. The number of carbonyl (C=O) groups is 3. The monoisotopic (exact) mass is 399 g/mol. The molecule has 0 unspecified atom stereocenters. The first kappa shape index (κ1) is 20.3. The van der Waals surface area contributed by atoms with Crippen molar-refractivity contribution < 1.29 is 19.1 Å². The van der Waals surface area contributed by atoms with E-state index < -0.39 is 5.97 Å². The van der Waals surface area contributed by atoms with E-state index >= 15 is 0 Å². The molecule has 0 saturated carbocycles. The summed E-state index contributed by atoms with van der Waals surface area (Å²) in [4.78, 5) is 38.1. The Morgan fingerprint density at radius 1 is 1.11 bits per heavy atom. The quantitative estimate of drug-likeness (QED) is 0.374. The summed E-state index contributed by atoms with van der Waals surface area (Å²) in [5.41, 5.74) is 2.34. The molecule has 0 bridgehead atoms. The first-order valence-corrected chi connectivity index (χ1v) is 10.6. The van der Waals surface area contributed by atoms with Gasteiger partial charge in [0.2, 0.25) is 5.91 Å². The van der Waals surface area contributed by atoms with Gasteiger partial charge in [-0.3, -0.25) is 9.59 Å². The van der Waals surface area contributed by atoms with Crippen molar-refractivity contribution in [1.82, 2.24) is 0 Å². The molecule has 2 aromatic rings. The summed E-state index contributed by atoms with van der Waals surface area (Å²) in [5, 5.41) is 2.82. The van der Waals surface area contributed by atoms with Gasteiger partial charge in [-0.1, -0.05) is 19.8 Å². The van der Waals surface area contributed by atoms with Crippen molar-refractivity contribution in [3.63, 3.8) is 0 Å². The Kier molecular flexibility index (Phi) is 6.98. The van der Waals surface area contributed by atoms with E-state index in [1.54, 1.807) is 24.3 Å². The maximum Gasteiger partial charge on any atom is 0.348 e. The third-order valence-corrected chi connectivity index (χ3v) is 6.00. The lowest BCUT2D eigenvalue weighted by molar-refractivity contribution is -0.116. The highest BCUT2D eigenvalue weighted by molar-refractivity contribution is 7.14. The SMILES string of the molecule is CCCCCC(=O)Nc1ccc(C(=O)COC(=O)c2cc3c(s2)CCC3)cc1. The Morgan fingerprint density at radius 3 is 2.61 bits per heavy atom. The number of ketones is 1. The maximum atomic E-state index is 12.3. The van der Waals surface area contributed by atoms with Crippen LogP contribution in [0.3, 0.4) is 0 Å². The van der Waals surface area contributed by atoms with Gasteiger partial charge in [0.25, 0.3) is 0 Å². The second-order valence-electron chi connectivity index (χ2n) is 6.99. The number of carbonyl (C=O) groups excluding carboxylic acids is 3. The van der Waals surface area contributed by atoms with Crippen molar-refractivity contribution in [3.8, 4) is 0 Å². The van der Waals surface area contributed by atoms with Crippen LogP contribution in [-0.2, 0) is 22.4 Å². The first-order chi connectivity index (χ1) is 13.6. The van der Waals surface area contributed by atoms with Gasteiger partial charge in [0, 0.05) is 22.5 Å². The number of Topliss-reactive ketones (excluding diaryl/α,β-unsaturated/α-hetero) is 1. The molecule has 1 N–H and O–H groups in total. The predicted octanol–water partition coefficient (Wildman–Crippen LogP) is 4.80. The number of rotatable bonds is 9. The van der Waals surface area contributed by atoms with Crippen LogP contribution in [0.4, 0.5) is 5.69 Å². The summed E-state index contributed by atoms with van der Waals surface area (Å²) in [5.74, 6) is -0.730. The third-order valence-electron chi connectivity index (χ3n) is 4.78. The zero-order chi connectivity index (χ0) is 19.9. The van der Waals surface area contributed by atoms with Crippen molar-refractivity contribution in [1.29, 1.82) is 0 Å². The van der Waals surface area contributed by atoms with Crippen LogP contribution in [0.1, 0.15) is 69.5 Å². The molecule has 0 radical (unpaired) electrons. The topological polar surface area (TPSA) is 72.5 Å². The Balaban J connectivity index is 1.47. The second kappa shape index (κ2) is 9.64. The van der Waals surface area contributed by atoms with Crippen LogP contribution in [0.5, 0.6) is 0 Å². The molecule has 1 aromatic heterocycles. The number of hydrogen-bond donors (Lipinski definition) is 1. The number of hydrogen-bond acceptors (Lipinski definition) is 5. The van der Waals surface area contributed by atoms with Crippen LogP contribution in [0.15, 0.2) is 30.3 Å². The summed E-state index contributed by atoms with van der Waals surface area (Å²) in [6.07, 6.45) is 6.66. The number of thiophene rings is 1. The summed E-state index contributed by atoms with van der Waals surface area (Å²) >= 11 is 1.47. The van der Waals surface area contributed by atoms with Gasteiger partial charge in [-0.25, -0.2) is 4.79 Å². The van der Waals surface area contributed by atoms with Crippen molar-refractivity contribution in [3.05, 3.63) is 51.2 Å². The zero-order valence-electron chi connectivity index (χ0n) is 16.1. The molecule has 0 spiro atoms. The third kappa shape index (κ3) is 5.29. The highest BCUT2D eigenvalue weighted by atomic mass is 32.1. The van der Waals surface area contributed by atoms with Crippen LogP contribution < -0.4 is 5.32 Å². The molecule has 1 amide bonds. The minimum atomic E-state index is -0.441. The Labute approximate surface area is 169 Å². The Bertz CT molecular complexity index is 832. The molecule has 1 aliphatic carbocycles. The van der Waals surface area contributed by atoms with E-state index in [1.807, 2.05) is 6.07 Å². The number of amides is 1. The van der Waals surface area contributed by atoms with Crippen LogP contribution in [0.25, 0.3) is 0 Å². The van der Waals surface area contributed by atoms with Crippen LogP contribution in [0.2, 0.25) is 0 Å². The van der Waals surface area contributed by atoms with Crippen LogP contribution in [0, 0.1) is 0 Å². The van der Waals surface area contributed by atoms with Gasteiger partial charge in [-0.2, -0.15) is 0 Å². The summed E-state index contributed by atoms with van der Waals surface area (Å²) in [6.45, 7) is 1.81. The van der Waals surface area contributed by atoms with Crippen LogP contribution in [-0.4, -0.2) is 24.3 Å². The molecule has 6 heteroatoms. The van der Waals surface area contributed by atoms with Gasteiger partial charge < -0.3 is 10.1 Å². The summed E-state index contributed by atoms with van der Waals surface area (Å²) < 4.78 is 5.18. The molecule has 1 aromatic carbocycles. The molecule has 0 atom stereocenters. The summed E-state index contributed by atoms with van der Waals surface area (Å²) in [6, 6.07) is 8.54. The largest absolute Gasteiger partial charge is 0.453 e. The van der Waals surface area contributed by atoms with Gasteiger partial charge in [-0.15, -0.1) is 11.3 Å². The number of anilines is 1. The first-order valence-electron chi connectivity index (χ1n) is 9.78. The molecule has 0 fully saturated rings. The van der Waals surface area contributed by atoms with Gasteiger partial charge >= 0.3 is 5.97 Å². The van der Waals surface area contributed by atoms with Crippen molar-refractivity contribution in [2.45, 2.75) is 51.9 Å². The Morgan fingerprint density at radius 2 is 1.89 bits per heavy atom. The normalized spacial score (nSPS) is 12.5. The number of nitrogens with one attached hydrogen (secondary N) is 1. The number of esters is 1. The molecule has 1 heterocycles. The zero-order valence-corrected chi connectivity index (χ0v) is 16.9. The molecule has 3 rings (SSSR count). The Hall–Kier alpha value is -2.47. The van der Waals surface area contributed by atoms with Gasteiger partial charge in [-0.05, 0) is 61.6 Å². The summed E-state index contributed by atoms with van der Waals surface area (Å²) in [7, 11) is 0. The van der Waals surface area contributed by atoms with Gasteiger partial charge in [0.05, 0.1) is 0 Å². The van der Waals surface area contributed by atoms with Gasteiger partial charge in [0.1, 0.15) is 4.88 Å². The predicted molar refractivity (Wildman–Crippen MR) is 110 cm³/mol. The molecule has 0 saturated heterocycles. The van der Waals surface area contributed by atoms with Crippen molar-refractivity contribution >= 4 is 34.7 Å².